The van der Waals surface area contributed by atoms with E-state index in [2.05, 4.69) is 38.5 Å². The number of rotatable bonds is 2. The topological polar surface area (TPSA) is 20.2 Å². The lowest BCUT2D eigenvalue weighted by atomic mass is 10.0. The zero-order valence-corrected chi connectivity index (χ0v) is 12.2. The van der Waals surface area contributed by atoms with Crippen molar-refractivity contribution in [1.29, 1.82) is 0 Å². The molecule has 0 saturated carbocycles. The van der Waals surface area contributed by atoms with E-state index in [1.54, 1.807) is 11.3 Å². The van der Waals surface area contributed by atoms with Gasteiger partial charge in [0.2, 0.25) is 0 Å². The van der Waals surface area contributed by atoms with Gasteiger partial charge in [-0.2, -0.15) is 11.3 Å². The highest BCUT2D eigenvalue weighted by Crippen LogP contribution is 2.33. The number of aliphatic hydroxyl groups excluding tert-OH is 1. The summed E-state index contributed by atoms with van der Waals surface area (Å²) >= 11 is 7.26. The summed E-state index contributed by atoms with van der Waals surface area (Å²) in [5.74, 6) is 0. The van der Waals surface area contributed by atoms with E-state index in [0.717, 1.165) is 19.2 Å². The Labute approximate surface area is 114 Å². The number of benzene rings is 1. The van der Waals surface area contributed by atoms with Crippen molar-refractivity contribution >= 4 is 49.9 Å². The second-order valence-electron chi connectivity index (χ2n) is 3.10. The molecule has 1 heterocycles. The van der Waals surface area contributed by atoms with E-state index in [4.69, 9.17) is 0 Å². The molecule has 0 fully saturated rings. The van der Waals surface area contributed by atoms with Gasteiger partial charge in [0.1, 0.15) is 6.10 Å². The van der Waals surface area contributed by atoms with Gasteiger partial charge in [-0.05, 0) is 55.5 Å². The molecule has 0 aliphatic rings. The van der Waals surface area contributed by atoms with Crippen LogP contribution in [0, 0.1) is 3.57 Å². The fraction of sp³-hybridized carbons (Fsp3) is 0.0909. The van der Waals surface area contributed by atoms with Gasteiger partial charge in [-0.3, -0.25) is 0 Å². The Balaban J connectivity index is 2.41. The largest absolute Gasteiger partial charge is 0.384 e. The molecule has 2 aromatic rings. The highest BCUT2D eigenvalue weighted by Gasteiger charge is 2.16. The molecule has 1 aromatic carbocycles. The summed E-state index contributed by atoms with van der Waals surface area (Å²) in [6.07, 6.45) is -0.543. The Morgan fingerprint density at radius 1 is 1.20 bits per heavy atom. The first-order valence-electron chi connectivity index (χ1n) is 4.34. The van der Waals surface area contributed by atoms with Crippen molar-refractivity contribution in [3.8, 4) is 0 Å². The Morgan fingerprint density at radius 2 is 1.93 bits per heavy atom. The molecule has 0 aliphatic heterocycles. The third kappa shape index (κ3) is 2.43. The van der Waals surface area contributed by atoms with Crippen LogP contribution in [0.25, 0.3) is 0 Å². The van der Waals surface area contributed by atoms with Crippen molar-refractivity contribution in [1.82, 2.24) is 0 Å². The van der Waals surface area contributed by atoms with Crippen LogP contribution in [0.5, 0.6) is 0 Å². The highest BCUT2D eigenvalue weighted by atomic mass is 127. The van der Waals surface area contributed by atoms with Crippen LogP contribution >= 0.6 is 49.9 Å². The van der Waals surface area contributed by atoms with Crippen molar-refractivity contribution in [3.05, 3.63) is 54.2 Å². The van der Waals surface area contributed by atoms with E-state index < -0.39 is 6.10 Å². The number of thiophene rings is 1. The molecular weight excluding hydrogens is 387 g/mol. The lowest BCUT2D eigenvalue weighted by molar-refractivity contribution is 0.219. The Bertz CT molecular complexity index is 469. The monoisotopic (exact) mass is 394 g/mol. The summed E-state index contributed by atoms with van der Waals surface area (Å²) in [6, 6.07) is 7.87. The summed E-state index contributed by atoms with van der Waals surface area (Å²) in [5, 5.41) is 14.2. The summed E-state index contributed by atoms with van der Waals surface area (Å²) in [6.45, 7) is 0. The molecule has 1 aromatic heterocycles. The van der Waals surface area contributed by atoms with E-state index in [9.17, 15) is 5.11 Å². The molecule has 0 spiro atoms. The van der Waals surface area contributed by atoms with Gasteiger partial charge in [-0.25, -0.2) is 0 Å². The quantitative estimate of drug-likeness (QED) is 0.757. The molecule has 4 heteroatoms. The Hall–Kier alpha value is 0.0900. The first kappa shape index (κ1) is 11.6. The SMILES string of the molecule is OC(c1cscc1Br)c1ccccc1I. The molecule has 1 atom stereocenters. The maximum Gasteiger partial charge on any atom is 0.107 e. The van der Waals surface area contributed by atoms with Gasteiger partial charge in [-0.15, -0.1) is 0 Å². The van der Waals surface area contributed by atoms with E-state index in [1.807, 2.05) is 35.0 Å². The van der Waals surface area contributed by atoms with Crippen LogP contribution < -0.4 is 0 Å². The first-order valence-corrected chi connectivity index (χ1v) is 7.15. The van der Waals surface area contributed by atoms with Crippen molar-refractivity contribution < 1.29 is 5.11 Å². The van der Waals surface area contributed by atoms with E-state index in [1.165, 1.54) is 0 Å². The van der Waals surface area contributed by atoms with Crippen LogP contribution in [0.1, 0.15) is 17.2 Å². The minimum Gasteiger partial charge on any atom is -0.384 e. The number of hydrogen-bond acceptors (Lipinski definition) is 2. The van der Waals surface area contributed by atoms with E-state index >= 15 is 0 Å². The highest BCUT2D eigenvalue weighted by molar-refractivity contribution is 14.1. The fourth-order valence-electron chi connectivity index (χ4n) is 1.35. The van der Waals surface area contributed by atoms with Crippen LogP contribution in [-0.4, -0.2) is 5.11 Å². The predicted octanol–water partition coefficient (Wildman–Crippen LogP) is 4.20. The molecule has 0 radical (unpaired) electrons. The van der Waals surface area contributed by atoms with Crippen LogP contribution in [-0.2, 0) is 0 Å². The van der Waals surface area contributed by atoms with Gasteiger partial charge in [0, 0.05) is 19.0 Å². The molecule has 1 N–H and O–H groups in total. The summed E-state index contributed by atoms with van der Waals surface area (Å²) < 4.78 is 2.06. The zero-order valence-electron chi connectivity index (χ0n) is 7.65. The minimum atomic E-state index is -0.543. The number of halogens is 2. The van der Waals surface area contributed by atoms with Crippen LogP contribution in [0.15, 0.2) is 39.5 Å². The smallest absolute Gasteiger partial charge is 0.107 e. The van der Waals surface area contributed by atoms with E-state index in [-0.39, 0.29) is 0 Å². The molecular formula is C11H8BrIOS. The van der Waals surface area contributed by atoms with Crippen molar-refractivity contribution in [2.24, 2.45) is 0 Å². The van der Waals surface area contributed by atoms with Crippen molar-refractivity contribution in [3.63, 3.8) is 0 Å². The molecule has 1 nitrogen and oxygen atoms in total. The lowest BCUT2D eigenvalue weighted by Gasteiger charge is -2.12. The summed E-state index contributed by atoms with van der Waals surface area (Å²) in [5.41, 5.74) is 1.89. The van der Waals surface area contributed by atoms with Crippen molar-refractivity contribution in [2.45, 2.75) is 6.10 Å². The van der Waals surface area contributed by atoms with Crippen molar-refractivity contribution in [2.75, 3.05) is 0 Å². The van der Waals surface area contributed by atoms with Gasteiger partial charge in [-0.1, -0.05) is 18.2 Å². The second kappa shape index (κ2) is 4.95. The maximum absolute atomic E-state index is 10.2. The number of hydrogen-bond donors (Lipinski definition) is 1. The van der Waals surface area contributed by atoms with Gasteiger partial charge in [0.25, 0.3) is 0 Å². The van der Waals surface area contributed by atoms with E-state index in [0.29, 0.717) is 0 Å². The normalized spacial score (nSPS) is 12.7. The summed E-state index contributed by atoms with van der Waals surface area (Å²) in [4.78, 5) is 0. The number of aliphatic hydroxyl groups is 1. The lowest BCUT2D eigenvalue weighted by Crippen LogP contribution is -2.00. The Kier molecular flexibility index (Phi) is 3.82. The molecule has 0 aliphatic carbocycles. The second-order valence-corrected chi connectivity index (χ2v) is 5.86. The third-order valence-corrected chi connectivity index (χ3v) is 4.87. The van der Waals surface area contributed by atoms with Crippen LogP contribution in [0.4, 0.5) is 0 Å². The Morgan fingerprint density at radius 3 is 2.53 bits per heavy atom. The average Bonchev–Trinajstić information content (AvgIpc) is 2.64. The fourth-order valence-corrected chi connectivity index (χ4v) is 3.57. The minimum absolute atomic E-state index is 0.543. The molecule has 15 heavy (non-hydrogen) atoms. The molecule has 0 bridgehead atoms. The first-order chi connectivity index (χ1) is 7.20. The average molecular weight is 395 g/mol. The molecule has 0 saturated heterocycles. The van der Waals surface area contributed by atoms with Crippen LogP contribution in [0.3, 0.4) is 0 Å². The standard InChI is InChI=1S/C11H8BrIOS/c12-9-6-15-5-8(9)11(14)7-3-1-2-4-10(7)13/h1-6,11,14H. The maximum atomic E-state index is 10.2. The molecule has 0 amide bonds. The molecule has 78 valence electrons. The molecule has 2 rings (SSSR count). The van der Waals surface area contributed by atoms with Crippen LogP contribution in [0.2, 0.25) is 0 Å². The molecule has 1 unspecified atom stereocenters. The predicted molar refractivity (Wildman–Crippen MR) is 75.2 cm³/mol. The zero-order chi connectivity index (χ0) is 10.8. The third-order valence-electron chi connectivity index (χ3n) is 2.14. The summed E-state index contributed by atoms with van der Waals surface area (Å²) in [7, 11) is 0. The van der Waals surface area contributed by atoms with Gasteiger partial charge in [0.15, 0.2) is 0 Å². The van der Waals surface area contributed by atoms with Gasteiger partial charge >= 0.3 is 0 Å². The van der Waals surface area contributed by atoms with Gasteiger partial charge < -0.3 is 5.11 Å². The van der Waals surface area contributed by atoms with Gasteiger partial charge in [0.05, 0.1) is 0 Å².